The van der Waals surface area contributed by atoms with Crippen LogP contribution < -0.4 is 5.32 Å². The topological polar surface area (TPSA) is 75.4 Å². The molecule has 0 radical (unpaired) electrons. The summed E-state index contributed by atoms with van der Waals surface area (Å²) in [4.78, 5) is 24.8. The Balaban J connectivity index is 1.86. The summed E-state index contributed by atoms with van der Waals surface area (Å²) in [6, 6.07) is 7.23. The van der Waals surface area contributed by atoms with Crippen molar-refractivity contribution in [2.24, 2.45) is 0 Å². The third kappa shape index (κ3) is 4.64. The summed E-state index contributed by atoms with van der Waals surface area (Å²) < 4.78 is 17.9. The summed E-state index contributed by atoms with van der Waals surface area (Å²) in [5, 5.41) is 6.46. The molecule has 0 aliphatic carbocycles. The van der Waals surface area contributed by atoms with Gasteiger partial charge in [-0.2, -0.15) is 0 Å². The van der Waals surface area contributed by atoms with E-state index in [2.05, 4.69) is 10.5 Å². The maximum absolute atomic E-state index is 12.9. The summed E-state index contributed by atoms with van der Waals surface area (Å²) in [6.07, 6.45) is 0.909. The molecule has 1 aromatic heterocycles. The van der Waals surface area contributed by atoms with Crippen molar-refractivity contribution in [3.63, 3.8) is 0 Å². The van der Waals surface area contributed by atoms with Gasteiger partial charge < -0.3 is 14.7 Å². The maximum atomic E-state index is 12.9. The van der Waals surface area contributed by atoms with Gasteiger partial charge in [-0.15, -0.1) is 0 Å². The van der Waals surface area contributed by atoms with E-state index in [1.165, 1.54) is 23.1 Å². The molecule has 1 aromatic carbocycles. The fourth-order valence-corrected chi connectivity index (χ4v) is 1.89. The molecule has 2 amide bonds. The van der Waals surface area contributed by atoms with Gasteiger partial charge >= 0.3 is 0 Å². The number of carbonyl (C=O) groups is 2. The summed E-state index contributed by atoms with van der Waals surface area (Å²) >= 11 is 0. The van der Waals surface area contributed by atoms with Crippen LogP contribution in [0.5, 0.6) is 0 Å². The average molecular weight is 319 g/mol. The van der Waals surface area contributed by atoms with Crippen molar-refractivity contribution in [3.8, 4) is 11.3 Å². The van der Waals surface area contributed by atoms with E-state index >= 15 is 0 Å². The fourth-order valence-electron chi connectivity index (χ4n) is 1.89. The zero-order valence-corrected chi connectivity index (χ0v) is 13.0. The van der Waals surface area contributed by atoms with Crippen LogP contribution in [0.25, 0.3) is 11.3 Å². The third-order valence-electron chi connectivity index (χ3n) is 3.23. The molecule has 0 aliphatic heterocycles. The highest BCUT2D eigenvalue weighted by Crippen LogP contribution is 2.19. The number of hydrogen-bond donors (Lipinski definition) is 1. The Labute approximate surface area is 133 Å². The summed E-state index contributed by atoms with van der Waals surface area (Å²) in [7, 11) is 3.37. The monoisotopic (exact) mass is 319 g/mol. The highest BCUT2D eigenvalue weighted by molar-refractivity contribution is 5.92. The smallest absolute Gasteiger partial charge is 0.289 e. The second-order valence-electron chi connectivity index (χ2n) is 5.23. The largest absolute Gasteiger partial charge is 0.350 e. The van der Waals surface area contributed by atoms with E-state index in [1.807, 2.05) is 0 Å². The van der Waals surface area contributed by atoms with Gasteiger partial charge in [-0.25, -0.2) is 4.39 Å². The molecular weight excluding hydrogens is 301 g/mol. The predicted molar refractivity (Wildman–Crippen MR) is 82.2 cm³/mol. The van der Waals surface area contributed by atoms with Gasteiger partial charge in [-0.1, -0.05) is 5.16 Å². The van der Waals surface area contributed by atoms with Crippen LogP contribution in [0.4, 0.5) is 4.39 Å². The van der Waals surface area contributed by atoms with E-state index in [0.29, 0.717) is 30.6 Å². The Bertz CT molecular complexity index is 680. The van der Waals surface area contributed by atoms with Crippen molar-refractivity contribution >= 4 is 11.8 Å². The standard InChI is InChI=1S/C16H18FN3O3/c1-20(2)15(21)4-3-9-18-16(22)14-10-13(19-23-14)11-5-7-12(17)8-6-11/h5-8,10H,3-4,9H2,1-2H3,(H,18,22). The zero-order chi connectivity index (χ0) is 16.8. The number of rotatable bonds is 6. The number of carbonyl (C=O) groups excluding carboxylic acids is 2. The van der Waals surface area contributed by atoms with Gasteiger partial charge in [0.15, 0.2) is 0 Å². The van der Waals surface area contributed by atoms with Crippen molar-refractivity contribution in [1.29, 1.82) is 0 Å². The molecule has 0 spiro atoms. The quantitative estimate of drug-likeness (QED) is 0.827. The summed E-state index contributed by atoms with van der Waals surface area (Å²) in [5.41, 5.74) is 1.11. The lowest BCUT2D eigenvalue weighted by molar-refractivity contribution is -0.128. The lowest BCUT2D eigenvalue weighted by atomic mass is 10.1. The Morgan fingerprint density at radius 2 is 1.96 bits per heavy atom. The van der Waals surface area contributed by atoms with E-state index < -0.39 is 5.91 Å². The van der Waals surface area contributed by atoms with Crippen LogP contribution in [0.15, 0.2) is 34.9 Å². The SMILES string of the molecule is CN(C)C(=O)CCCNC(=O)c1cc(-c2ccc(F)cc2)no1. The van der Waals surface area contributed by atoms with Gasteiger partial charge in [0, 0.05) is 38.7 Å². The number of nitrogens with one attached hydrogen (secondary N) is 1. The molecule has 1 heterocycles. The summed E-state index contributed by atoms with van der Waals surface area (Å²) in [6.45, 7) is 0.366. The molecule has 0 bridgehead atoms. The van der Waals surface area contributed by atoms with Gasteiger partial charge in [0.05, 0.1) is 0 Å². The first kappa shape index (κ1) is 16.7. The second kappa shape index (κ2) is 7.53. The zero-order valence-electron chi connectivity index (χ0n) is 13.0. The minimum absolute atomic E-state index is 0.0116. The van der Waals surface area contributed by atoms with Crippen LogP contribution >= 0.6 is 0 Å². The lowest BCUT2D eigenvalue weighted by Gasteiger charge is -2.09. The molecule has 7 heteroatoms. The van der Waals surface area contributed by atoms with Gasteiger partial charge in [0.2, 0.25) is 11.7 Å². The van der Waals surface area contributed by atoms with Crippen LogP contribution in [0.2, 0.25) is 0 Å². The average Bonchev–Trinajstić information content (AvgIpc) is 3.01. The first-order chi connectivity index (χ1) is 11.0. The molecule has 2 aromatic rings. The molecule has 2 rings (SSSR count). The van der Waals surface area contributed by atoms with Crippen molar-refractivity contribution < 1.29 is 18.5 Å². The first-order valence-electron chi connectivity index (χ1n) is 7.18. The van der Waals surface area contributed by atoms with E-state index in [-0.39, 0.29) is 17.5 Å². The van der Waals surface area contributed by atoms with Gasteiger partial charge in [-0.3, -0.25) is 9.59 Å². The number of benzene rings is 1. The number of aromatic nitrogens is 1. The molecular formula is C16H18FN3O3. The van der Waals surface area contributed by atoms with E-state index in [0.717, 1.165) is 0 Å². The molecule has 0 fully saturated rings. The molecule has 0 saturated carbocycles. The lowest BCUT2D eigenvalue weighted by Crippen LogP contribution is -2.26. The highest BCUT2D eigenvalue weighted by Gasteiger charge is 2.14. The van der Waals surface area contributed by atoms with E-state index in [9.17, 15) is 14.0 Å². The first-order valence-corrected chi connectivity index (χ1v) is 7.18. The maximum Gasteiger partial charge on any atom is 0.289 e. The molecule has 1 N–H and O–H groups in total. The fraction of sp³-hybridized carbons (Fsp3) is 0.312. The van der Waals surface area contributed by atoms with Crippen LogP contribution in [0, 0.1) is 5.82 Å². The van der Waals surface area contributed by atoms with Crippen molar-refractivity contribution in [1.82, 2.24) is 15.4 Å². The minimum atomic E-state index is -0.400. The van der Waals surface area contributed by atoms with Crippen LogP contribution in [-0.2, 0) is 4.79 Å². The number of nitrogens with zero attached hydrogens (tertiary/aromatic N) is 2. The number of amides is 2. The Morgan fingerprint density at radius 1 is 1.26 bits per heavy atom. The molecule has 0 unspecified atom stereocenters. The molecule has 23 heavy (non-hydrogen) atoms. The third-order valence-corrected chi connectivity index (χ3v) is 3.23. The Morgan fingerprint density at radius 3 is 2.61 bits per heavy atom. The Kier molecular flexibility index (Phi) is 5.46. The Hall–Kier alpha value is -2.70. The van der Waals surface area contributed by atoms with Crippen molar-refractivity contribution in [2.45, 2.75) is 12.8 Å². The minimum Gasteiger partial charge on any atom is -0.350 e. The number of hydrogen-bond acceptors (Lipinski definition) is 4. The van der Waals surface area contributed by atoms with Gasteiger partial charge in [-0.05, 0) is 30.7 Å². The van der Waals surface area contributed by atoms with E-state index in [4.69, 9.17) is 4.52 Å². The normalized spacial score (nSPS) is 10.4. The predicted octanol–water partition coefficient (Wildman–Crippen LogP) is 2.08. The van der Waals surface area contributed by atoms with Crippen LogP contribution in [0.1, 0.15) is 23.4 Å². The molecule has 0 saturated heterocycles. The molecule has 6 nitrogen and oxygen atoms in total. The van der Waals surface area contributed by atoms with Crippen molar-refractivity contribution in [2.75, 3.05) is 20.6 Å². The molecule has 0 atom stereocenters. The van der Waals surface area contributed by atoms with Crippen LogP contribution in [-0.4, -0.2) is 42.5 Å². The van der Waals surface area contributed by atoms with Gasteiger partial charge in [0.1, 0.15) is 11.5 Å². The molecule has 0 aliphatic rings. The summed E-state index contributed by atoms with van der Waals surface area (Å²) in [5.74, 6) is -0.661. The van der Waals surface area contributed by atoms with E-state index in [1.54, 1.807) is 26.2 Å². The highest BCUT2D eigenvalue weighted by atomic mass is 19.1. The van der Waals surface area contributed by atoms with Crippen molar-refractivity contribution in [3.05, 3.63) is 41.9 Å². The molecule has 122 valence electrons. The number of halogens is 1. The van der Waals surface area contributed by atoms with Crippen LogP contribution in [0.3, 0.4) is 0 Å². The van der Waals surface area contributed by atoms with Gasteiger partial charge in [0.25, 0.3) is 5.91 Å². The second-order valence-corrected chi connectivity index (χ2v) is 5.23.